The summed E-state index contributed by atoms with van der Waals surface area (Å²) >= 11 is 0.650. The van der Waals surface area contributed by atoms with Crippen molar-refractivity contribution in [3.63, 3.8) is 0 Å². The molecule has 0 saturated heterocycles. The van der Waals surface area contributed by atoms with Gasteiger partial charge in [-0.05, 0) is 25.6 Å². The van der Waals surface area contributed by atoms with Gasteiger partial charge in [-0.2, -0.15) is 13.2 Å². The second-order valence-electron chi connectivity index (χ2n) is 4.26. The van der Waals surface area contributed by atoms with Crippen molar-refractivity contribution in [1.82, 2.24) is 15.3 Å². The summed E-state index contributed by atoms with van der Waals surface area (Å²) in [4.78, 5) is 8.35. The van der Waals surface area contributed by atoms with Crippen molar-refractivity contribution in [3.05, 3.63) is 45.7 Å². The summed E-state index contributed by atoms with van der Waals surface area (Å²) in [6.07, 6.45) is -3.13. The fourth-order valence-electron chi connectivity index (χ4n) is 1.83. The van der Waals surface area contributed by atoms with Crippen molar-refractivity contribution >= 4 is 11.3 Å². The molecule has 0 fully saturated rings. The highest BCUT2D eigenvalue weighted by atomic mass is 32.1. The van der Waals surface area contributed by atoms with Gasteiger partial charge in [0.05, 0.1) is 11.7 Å². The zero-order valence-corrected chi connectivity index (χ0v) is 11.8. The first kappa shape index (κ1) is 14.9. The van der Waals surface area contributed by atoms with Gasteiger partial charge in [0, 0.05) is 16.8 Å². The fourth-order valence-corrected chi connectivity index (χ4v) is 2.70. The van der Waals surface area contributed by atoms with Crippen LogP contribution in [-0.4, -0.2) is 16.5 Å². The van der Waals surface area contributed by atoms with E-state index in [-0.39, 0.29) is 6.04 Å². The molecule has 0 saturated carbocycles. The third kappa shape index (κ3) is 3.34. The number of nitrogens with one attached hydrogen (secondary N) is 1. The van der Waals surface area contributed by atoms with Gasteiger partial charge < -0.3 is 5.32 Å². The normalized spacial score (nSPS) is 13.4. The third-order valence-corrected chi connectivity index (χ3v) is 3.77. The molecule has 1 atom stereocenters. The molecule has 0 aliphatic heterocycles. The molecule has 1 unspecified atom stereocenters. The lowest BCUT2D eigenvalue weighted by atomic mass is 10.1. The molecule has 0 aromatic carbocycles. The summed E-state index contributed by atoms with van der Waals surface area (Å²) in [5.74, 6) is 0. The Morgan fingerprint density at radius 1 is 1.35 bits per heavy atom. The SMILES string of the molecule is CCNC(c1cccc(C)n1)c1cnc(C(F)(F)F)s1. The van der Waals surface area contributed by atoms with E-state index in [0.29, 0.717) is 28.5 Å². The zero-order chi connectivity index (χ0) is 14.8. The van der Waals surface area contributed by atoms with Gasteiger partial charge in [0.15, 0.2) is 5.01 Å². The Hall–Kier alpha value is -1.47. The summed E-state index contributed by atoms with van der Waals surface area (Å²) in [7, 11) is 0. The molecular formula is C13H14F3N3S. The average molecular weight is 301 g/mol. The number of rotatable bonds is 4. The van der Waals surface area contributed by atoms with Gasteiger partial charge in [-0.25, -0.2) is 4.98 Å². The predicted molar refractivity (Wildman–Crippen MR) is 71.6 cm³/mol. The van der Waals surface area contributed by atoms with Crippen molar-refractivity contribution in [2.24, 2.45) is 0 Å². The molecule has 2 heterocycles. The first-order valence-corrected chi connectivity index (χ1v) is 6.93. The molecule has 0 aliphatic rings. The first-order valence-electron chi connectivity index (χ1n) is 6.11. The minimum Gasteiger partial charge on any atom is -0.305 e. The number of pyridine rings is 1. The standard InChI is InChI=1S/C13H14F3N3S/c1-3-17-11(9-6-4-5-8(2)19-9)10-7-18-12(20-10)13(14,15)16/h4-7,11,17H,3H2,1-2H3. The maximum Gasteiger partial charge on any atom is 0.443 e. The number of halogens is 3. The molecular weight excluding hydrogens is 287 g/mol. The van der Waals surface area contributed by atoms with E-state index in [4.69, 9.17) is 0 Å². The van der Waals surface area contributed by atoms with Crippen LogP contribution in [0.15, 0.2) is 24.4 Å². The Morgan fingerprint density at radius 2 is 2.10 bits per heavy atom. The van der Waals surface area contributed by atoms with E-state index in [1.54, 1.807) is 6.07 Å². The predicted octanol–water partition coefficient (Wildman–Crippen LogP) is 3.56. The Bertz CT molecular complexity index is 580. The molecule has 0 aliphatic carbocycles. The van der Waals surface area contributed by atoms with Crippen LogP contribution in [0.2, 0.25) is 0 Å². The number of nitrogens with zero attached hydrogens (tertiary/aromatic N) is 2. The lowest BCUT2D eigenvalue weighted by Crippen LogP contribution is -2.22. The van der Waals surface area contributed by atoms with Crippen LogP contribution in [0.4, 0.5) is 13.2 Å². The van der Waals surface area contributed by atoms with E-state index in [9.17, 15) is 13.2 Å². The highest BCUT2D eigenvalue weighted by molar-refractivity contribution is 7.11. The third-order valence-electron chi connectivity index (χ3n) is 2.66. The second kappa shape index (κ2) is 5.88. The summed E-state index contributed by atoms with van der Waals surface area (Å²) < 4.78 is 37.9. The summed E-state index contributed by atoms with van der Waals surface area (Å²) in [5, 5.41) is 2.32. The van der Waals surface area contributed by atoms with Crippen LogP contribution in [-0.2, 0) is 6.18 Å². The van der Waals surface area contributed by atoms with Crippen LogP contribution in [0.1, 0.15) is 34.2 Å². The van der Waals surface area contributed by atoms with Crippen molar-refractivity contribution < 1.29 is 13.2 Å². The van der Waals surface area contributed by atoms with E-state index in [2.05, 4.69) is 15.3 Å². The first-order chi connectivity index (χ1) is 9.41. The quantitative estimate of drug-likeness (QED) is 0.938. The van der Waals surface area contributed by atoms with Gasteiger partial charge in [-0.15, -0.1) is 11.3 Å². The number of aryl methyl sites for hydroxylation is 1. The number of alkyl halides is 3. The largest absolute Gasteiger partial charge is 0.443 e. The smallest absolute Gasteiger partial charge is 0.305 e. The number of thiazole rings is 1. The summed E-state index contributed by atoms with van der Waals surface area (Å²) in [6, 6.07) is 5.12. The molecule has 7 heteroatoms. The van der Waals surface area contributed by atoms with Gasteiger partial charge in [0.2, 0.25) is 0 Å². The lowest BCUT2D eigenvalue weighted by molar-refractivity contribution is -0.137. The van der Waals surface area contributed by atoms with E-state index < -0.39 is 11.2 Å². The Labute approximate surface area is 118 Å². The molecule has 0 radical (unpaired) electrons. The Morgan fingerprint density at radius 3 is 2.65 bits per heavy atom. The highest BCUT2D eigenvalue weighted by Gasteiger charge is 2.35. The highest BCUT2D eigenvalue weighted by Crippen LogP contribution is 2.35. The van der Waals surface area contributed by atoms with E-state index in [1.165, 1.54) is 6.20 Å². The van der Waals surface area contributed by atoms with Crippen molar-refractivity contribution in [1.29, 1.82) is 0 Å². The van der Waals surface area contributed by atoms with Crippen LogP contribution in [0.5, 0.6) is 0 Å². The van der Waals surface area contributed by atoms with Gasteiger partial charge in [-0.1, -0.05) is 13.0 Å². The Balaban J connectivity index is 2.36. The number of hydrogen-bond acceptors (Lipinski definition) is 4. The minimum absolute atomic E-state index is 0.367. The monoisotopic (exact) mass is 301 g/mol. The van der Waals surface area contributed by atoms with E-state index >= 15 is 0 Å². The van der Waals surface area contributed by atoms with Crippen LogP contribution < -0.4 is 5.32 Å². The number of hydrogen-bond donors (Lipinski definition) is 1. The minimum atomic E-state index is -4.40. The maximum absolute atomic E-state index is 12.6. The van der Waals surface area contributed by atoms with Crippen molar-refractivity contribution in [3.8, 4) is 0 Å². The van der Waals surface area contributed by atoms with Crippen LogP contribution in [0, 0.1) is 6.92 Å². The maximum atomic E-state index is 12.6. The average Bonchev–Trinajstić information content (AvgIpc) is 2.85. The molecule has 2 rings (SSSR count). The molecule has 3 nitrogen and oxygen atoms in total. The van der Waals surface area contributed by atoms with Gasteiger partial charge in [0.1, 0.15) is 0 Å². The fraction of sp³-hybridized carbons (Fsp3) is 0.385. The molecule has 1 N–H and O–H groups in total. The molecule has 0 spiro atoms. The van der Waals surface area contributed by atoms with Gasteiger partial charge in [-0.3, -0.25) is 4.98 Å². The topological polar surface area (TPSA) is 37.8 Å². The molecule has 0 amide bonds. The van der Waals surface area contributed by atoms with Crippen LogP contribution >= 0.6 is 11.3 Å². The zero-order valence-electron chi connectivity index (χ0n) is 11.0. The number of aromatic nitrogens is 2. The van der Waals surface area contributed by atoms with Gasteiger partial charge in [0.25, 0.3) is 0 Å². The van der Waals surface area contributed by atoms with E-state index in [0.717, 1.165) is 5.69 Å². The molecule has 2 aromatic heterocycles. The van der Waals surface area contributed by atoms with Crippen molar-refractivity contribution in [2.75, 3.05) is 6.54 Å². The Kier molecular flexibility index (Phi) is 4.39. The molecule has 0 bridgehead atoms. The second-order valence-corrected chi connectivity index (χ2v) is 5.32. The van der Waals surface area contributed by atoms with Gasteiger partial charge >= 0.3 is 6.18 Å². The van der Waals surface area contributed by atoms with E-state index in [1.807, 2.05) is 26.0 Å². The van der Waals surface area contributed by atoms with Crippen molar-refractivity contribution in [2.45, 2.75) is 26.1 Å². The summed E-state index contributed by atoms with van der Waals surface area (Å²) in [6.45, 7) is 4.37. The molecule has 2 aromatic rings. The lowest BCUT2D eigenvalue weighted by Gasteiger charge is -2.15. The van der Waals surface area contributed by atoms with Crippen LogP contribution in [0.25, 0.3) is 0 Å². The molecule has 108 valence electrons. The summed E-state index contributed by atoms with van der Waals surface area (Å²) in [5.41, 5.74) is 1.52. The van der Waals surface area contributed by atoms with Crippen LogP contribution in [0.3, 0.4) is 0 Å². The molecule has 20 heavy (non-hydrogen) atoms.